The average molecular weight is 489 g/mol. The minimum absolute atomic E-state index is 0.0778. The average Bonchev–Trinajstić information content (AvgIpc) is 2.75. The molecule has 0 bridgehead atoms. The van der Waals surface area contributed by atoms with E-state index in [0.29, 0.717) is 12.8 Å². The molecule has 10 atom stereocenters. The van der Waals surface area contributed by atoms with Crippen LogP contribution in [0.3, 0.4) is 0 Å². The predicted octanol–water partition coefficient (Wildman–Crippen LogP) is 5.18. The Balaban J connectivity index is 1.71. The third-order valence-corrected chi connectivity index (χ3v) is 12.9. The number of carboxylic acids is 1. The maximum absolute atomic E-state index is 13.5. The molecule has 4 N–H and O–H groups in total. The van der Waals surface area contributed by atoms with Gasteiger partial charge >= 0.3 is 5.97 Å². The Bertz CT molecular complexity index is 952. The van der Waals surface area contributed by atoms with Crippen LogP contribution in [-0.2, 0) is 4.79 Å². The zero-order chi connectivity index (χ0) is 26.0. The summed E-state index contributed by atoms with van der Waals surface area (Å²) in [6.45, 7) is 15.2. The fourth-order valence-corrected chi connectivity index (χ4v) is 10.7. The van der Waals surface area contributed by atoms with Gasteiger partial charge in [0.2, 0.25) is 0 Å². The lowest BCUT2D eigenvalue weighted by Gasteiger charge is -2.72. The molecule has 35 heavy (non-hydrogen) atoms. The largest absolute Gasteiger partial charge is 0.481 e. The fraction of sp³-hybridized carbons (Fsp3) is 0.900. The van der Waals surface area contributed by atoms with Crippen LogP contribution in [0.15, 0.2) is 11.6 Å². The minimum Gasteiger partial charge on any atom is -0.481 e. The molecule has 0 heterocycles. The smallest absolute Gasteiger partial charge is 0.314 e. The first-order valence-corrected chi connectivity index (χ1v) is 14.0. The highest BCUT2D eigenvalue weighted by molar-refractivity contribution is 5.81. The molecule has 4 saturated carbocycles. The predicted molar refractivity (Wildman–Crippen MR) is 135 cm³/mol. The zero-order valence-corrected chi connectivity index (χ0v) is 22.9. The summed E-state index contributed by atoms with van der Waals surface area (Å²) >= 11 is 0. The number of hydrogen-bond acceptors (Lipinski definition) is 4. The lowest BCUT2D eigenvalue weighted by molar-refractivity contribution is -0.287. The molecule has 0 aliphatic heterocycles. The lowest BCUT2D eigenvalue weighted by Crippen LogP contribution is -2.75. The first-order valence-electron chi connectivity index (χ1n) is 14.0. The number of allylic oxidation sites excluding steroid dienone is 1. The van der Waals surface area contributed by atoms with Gasteiger partial charge in [0.25, 0.3) is 0 Å². The minimum atomic E-state index is -1.18. The second-order valence-electron chi connectivity index (χ2n) is 15.3. The van der Waals surface area contributed by atoms with E-state index in [0.717, 1.165) is 44.1 Å². The van der Waals surface area contributed by atoms with E-state index in [1.54, 1.807) is 0 Å². The Morgan fingerprint density at radius 2 is 1.54 bits per heavy atom. The van der Waals surface area contributed by atoms with Crippen LogP contribution < -0.4 is 0 Å². The number of hydrogen-bond donors (Lipinski definition) is 4. The highest BCUT2D eigenvalue weighted by Gasteiger charge is 2.76. The van der Waals surface area contributed by atoms with Crippen LogP contribution in [0.25, 0.3) is 0 Å². The van der Waals surface area contributed by atoms with Gasteiger partial charge in [-0.15, -0.1) is 0 Å². The van der Waals surface area contributed by atoms with Gasteiger partial charge < -0.3 is 20.4 Å². The molecule has 0 radical (unpaired) electrons. The van der Waals surface area contributed by atoms with E-state index in [2.05, 4.69) is 33.8 Å². The van der Waals surface area contributed by atoms with Gasteiger partial charge in [-0.1, -0.05) is 60.1 Å². The van der Waals surface area contributed by atoms with E-state index in [9.17, 15) is 25.2 Å². The van der Waals surface area contributed by atoms with E-state index in [4.69, 9.17) is 0 Å². The molecule has 0 amide bonds. The van der Waals surface area contributed by atoms with Crippen LogP contribution in [-0.4, -0.2) is 44.7 Å². The normalized spacial score (nSPS) is 54.4. The van der Waals surface area contributed by atoms with E-state index in [-0.39, 0.29) is 34.0 Å². The molecular formula is C30H48O5. The summed E-state index contributed by atoms with van der Waals surface area (Å²) in [4.78, 5) is 13.5. The van der Waals surface area contributed by atoms with Crippen LogP contribution in [0, 0.1) is 50.2 Å². The Morgan fingerprint density at radius 1 is 0.914 bits per heavy atom. The molecule has 0 saturated heterocycles. The molecule has 198 valence electrons. The Labute approximate surface area is 211 Å². The van der Waals surface area contributed by atoms with Crippen LogP contribution >= 0.6 is 0 Å². The lowest BCUT2D eigenvalue weighted by atomic mass is 9.32. The summed E-state index contributed by atoms with van der Waals surface area (Å²) in [7, 11) is 0. The van der Waals surface area contributed by atoms with Crippen LogP contribution in [0.2, 0.25) is 0 Å². The zero-order valence-electron chi connectivity index (χ0n) is 22.9. The first kappa shape index (κ1) is 25.7. The maximum Gasteiger partial charge on any atom is 0.314 e. The van der Waals surface area contributed by atoms with Crippen molar-refractivity contribution in [1.82, 2.24) is 0 Å². The standard InChI is InChI=1S/C30H48O5/c1-25(2)12-13-27(5)14-15-30(24(34)35)17(18(27)16-25)8-9-19-28(6)11-10-20(31)26(3,4)22(28)21(32)23(33)29(19,30)7/h8,18-23,31-33H,9-16H2,1-7H3,(H,34,35)/t18-,19-,20+,21+,22?,23-,27-,28-,29+,30-/m1/s1. The van der Waals surface area contributed by atoms with Gasteiger partial charge in [0.05, 0.1) is 23.7 Å². The van der Waals surface area contributed by atoms with Gasteiger partial charge in [-0.05, 0) is 84.9 Å². The fourth-order valence-electron chi connectivity index (χ4n) is 10.7. The number of aliphatic carboxylic acids is 1. The van der Waals surface area contributed by atoms with Gasteiger partial charge in [0.1, 0.15) is 0 Å². The molecule has 1 unspecified atom stereocenters. The summed E-state index contributed by atoms with van der Waals surface area (Å²) < 4.78 is 0. The molecule has 5 heteroatoms. The molecule has 0 aromatic heterocycles. The summed E-state index contributed by atoms with van der Waals surface area (Å²) in [5.41, 5.74) is -1.80. The third kappa shape index (κ3) is 2.95. The van der Waals surface area contributed by atoms with Crippen molar-refractivity contribution in [3.8, 4) is 0 Å². The van der Waals surface area contributed by atoms with Crippen molar-refractivity contribution in [3.05, 3.63) is 11.6 Å². The summed E-state index contributed by atoms with van der Waals surface area (Å²) in [5.74, 6) is -1.01. The molecule has 0 aromatic rings. The van der Waals surface area contributed by atoms with Crippen LogP contribution in [0.5, 0.6) is 0 Å². The van der Waals surface area contributed by atoms with Crippen LogP contribution in [0.1, 0.15) is 99.8 Å². The van der Waals surface area contributed by atoms with Gasteiger partial charge in [0.15, 0.2) is 0 Å². The number of aliphatic hydroxyl groups is 3. The molecule has 5 nitrogen and oxygen atoms in total. The number of fused-ring (bicyclic) bond motifs is 7. The van der Waals surface area contributed by atoms with Crippen molar-refractivity contribution < 1.29 is 25.2 Å². The first-order chi connectivity index (χ1) is 16.0. The Morgan fingerprint density at radius 3 is 2.17 bits per heavy atom. The summed E-state index contributed by atoms with van der Waals surface area (Å²) in [6.07, 6.45) is 6.21. The number of rotatable bonds is 1. The van der Waals surface area contributed by atoms with E-state index in [1.165, 1.54) is 0 Å². The van der Waals surface area contributed by atoms with Crippen molar-refractivity contribution in [2.24, 2.45) is 50.2 Å². The van der Waals surface area contributed by atoms with Crippen molar-refractivity contribution in [2.45, 2.75) is 118 Å². The van der Waals surface area contributed by atoms with Gasteiger partial charge in [0, 0.05) is 11.3 Å². The highest BCUT2D eigenvalue weighted by atomic mass is 16.4. The summed E-state index contributed by atoms with van der Waals surface area (Å²) in [6, 6.07) is 0. The quantitative estimate of drug-likeness (QED) is 0.382. The van der Waals surface area contributed by atoms with Gasteiger partial charge in [-0.3, -0.25) is 4.79 Å². The van der Waals surface area contributed by atoms with E-state index >= 15 is 0 Å². The van der Waals surface area contributed by atoms with Crippen molar-refractivity contribution in [2.75, 3.05) is 0 Å². The van der Waals surface area contributed by atoms with Gasteiger partial charge in [-0.25, -0.2) is 0 Å². The van der Waals surface area contributed by atoms with Crippen molar-refractivity contribution in [1.29, 1.82) is 0 Å². The van der Waals surface area contributed by atoms with Gasteiger partial charge in [-0.2, -0.15) is 0 Å². The maximum atomic E-state index is 13.5. The number of carboxylic acid groups (broad SMARTS) is 1. The van der Waals surface area contributed by atoms with Crippen molar-refractivity contribution >= 4 is 5.97 Å². The molecule has 0 aromatic carbocycles. The van der Waals surface area contributed by atoms with E-state index in [1.807, 2.05) is 20.8 Å². The SMILES string of the molecule is CC1(C)CC[C@]2(C)CC[C@]3(C(=O)O)C(=CC[C@H]4[C@@]3(C)[C@H](O)[C@@H](O)C3C(C)(C)[C@@H](O)CC[C@@]34C)[C@H]2C1. The Kier molecular flexibility index (Phi) is 5.40. The second-order valence-corrected chi connectivity index (χ2v) is 15.3. The number of aliphatic hydroxyl groups excluding tert-OH is 3. The molecule has 5 rings (SSSR count). The summed E-state index contributed by atoms with van der Waals surface area (Å²) in [5, 5.41) is 45.7. The van der Waals surface area contributed by atoms with Crippen LogP contribution in [0.4, 0.5) is 0 Å². The van der Waals surface area contributed by atoms with E-state index < -0.39 is 40.5 Å². The molecular weight excluding hydrogens is 440 g/mol. The third-order valence-electron chi connectivity index (χ3n) is 12.9. The topological polar surface area (TPSA) is 98.0 Å². The number of carbonyl (C=O) groups is 1. The Hall–Kier alpha value is -0.910. The molecule has 0 spiro atoms. The molecule has 5 aliphatic rings. The monoisotopic (exact) mass is 488 g/mol. The second kappa shape index (κ2) is 7.35. The van der Waals surface area contributed by atoms with Crippen molar-refractivity contribution in [3.63, 3.8) is 0 Å². The molecule has 5 aliphatic carbocycles. The highest BCUT2D eigenvalue weighted by Crippen LogP contribution is 2.75. The molecule has 4 fully saturated rings.